The van der Waals surface area contributed by atoms with Gasteiger partial charge in [-0.15, -0.1) is 0 Å². The number of halogens is 1. The summed E-state index contributed by atoms with van der Waals surface area (Å²) in [6.07, 6.45) is 0.515. The Hall–Kier alpha value is -2.33. The monoisotopic (exact) mass is 328 g/mol. The molecule has 23 heavy (non-hydrogen) atoms. The van der Waals surface area contributed by atoms with Crippen LogP contribution in [0.25, 0.3) is 0 Å². The number of fused-ring (bicyclic) bond motifs is 1. The highest BCUT2D eigenvalue weighted by Gasteiger charge is 2.36. The zero-order valence-corrected chi connectivity index (χ0v) is 13.7. The molecule has 0 bridgehead atoms. The van der Waals surface area contributed by atoms with Crippen molar-refractivity contribution in [1.82, 2.24) is 0 Å². The Morgan fingerprint density at radius 1 is 1.17 bits per heavy atom. The molecule has 1 heterocycles. The first-order valence-corrected chi connectivity index (χ1v) is 7.80. The molecule has 0 spiro atoms. The van der Waals surface area contributed by atoms with Crippen molar-refractivity contribution in [2.75, 3.05) is 10.2 Å². The van der Waals surface area contributed by atoms with Crippen LogP contribution in [-0.4, -0.2) is 17.9 Å². The maximum atomic E-state index is 12.7. The van der Waals surface area contributed by atoms with Gasteiger partial charge in [0, 0.05) is 29.7 Å². The van der Waals surface area contributed by atoms with Crippen molar-refractivity contribution in [2.45, 2.75) is 26.3 Å². The van der Waals surface area contributed by atoms with Gasteiger partial charge < -0.3 is 5.32 Å². The van der Waals surface area contributed by atoms with E-state index < -0.39 is 6.04 Å². The number of nitrogens with one attached hydrogen (secondary N) is 1. The van der Waals surface area contributed by atoms with E-state index in [1.165, 1.54) is 6.92 Å². The molecule has 0 fully saturated rings. The van der Waals surface area contributed by atoms with Gasteiger partial charge in [-0.3, -0.25) is 14.5 Å². The minimum absolute atomic E-state index is 0.141. The summed E-state index contributed by atoms with van der Waals surface area (Å²) in [6, 6.07) is 12.4. The van der Waals surface area contributed by atoms with Crippen LogP contribution >= 0.6 is 11.6 Å². The molecule has 0 saturated heterocycles. The third-order valence-corrected chi connectivity index (χ3v) is 4.55. The van der Waals surface area contributed by atoms with Crippen LogP contribution in [-0.2, 0) is 16.0 Å². The highest BCUT2D eigenvalue weighted by molar-refractivity contribution is 6.31. The summed E-state index contributed by atoms with van der Waals surface area (Å²) in [7, 11) is 0. The maximum Gasteiger partial charge on any atom is 0.247 e. The number of nitrogens with zero attached hydrogens (tertiary/aromatic N) is 1. The lowest BCUT2D eigenvalue weighted by Gasteiger charge is -2.23. The Kier molecular flexibility index (Phi) is 4.09. The molecule has 0 saturated carbocycles. The Morgan fingerprint density at radius 3 is 2.65 bits per heavy atom. The van der Waals surface area contributed by atoms with E-state index >= 15 is 0 Å². The van der Waals surface area contributed by atoms with E-state index in [9.17, 15) is 9.59 Å². The van der Waals surface area contributed by atoms with Gasteiger partial charge in [-0.05, 0) is 36.2 Å². The summed E-state index contributed by atoms with van der Waals surface area (Å²) in [4.78, 5) is 26.3. The number of para-hydroxylation sites is 1. The molecule has 1 atom stereocenters. The number of carbonyl (C=O) groups is 2. The van der Waals surface area contributed by atoms with Crippen molar-refractivity contribution in [3.8, 4) is 0 Å². The fourth-order valence-corrected chi connectivity index (χ4v) is 3.12. The summed E-state index contributed by atoms with van der Waals surface area (Å²) in [5.74, 6) is -0.348. The number of anilines is 2. The first-order chi connectivity index (χ1) is 11.0. The van der Waals surface area contributed by atoms with E-state index in [-0.39, 0.29) is 11.8 Å². The van der Waals surface area contributed by atoms with Crippen molar-refractivity contribution in [3.63, 3.8) is 0 Å². The average Bonchev–Trinajstić information content (AvgIpc) is 2.91. The van der Waals surface area contributed by atoms with Gasteiger partial charge in [0.25, 0.3) is 0 Å². The molecule has 0 aromatic heterocycles. The number of benzene rings is 2. The standard InChI is InChI=1S/C18H17ClN2O2/c1-11-14(19)7-5-8-15(11)20-18(23)17-10-13-6-3-4-9-16(13)21(17)12(2)22/h3-9,17H,10H2,1-2H3,(H,20,23)/t17-/m0/s1. The second-order valence-corrected chi connectivity index (χ2v) is 6.05. The van der Waals surface area contributed by atoms with Crippen molar-refractivity contribution in [3.05, 3.63) is 58.6 Å². The zero-order chi connectivity index (χ0) is 16.6. The third kappa shape index (κ3) is 2.82. The van der Waals surface area contributed by atoms with Crippen LogP contribution in [0.3, 0.4) is 0 Å². The second-order valence-electron chi connectivity index (χ2n) is 5.64. The van der Waals surface area contributed by atoms with E-state index in [0.717, 1.165) is 16.8 Å². The van der Waals surface area contributed by atoms with Crippen LogP contribution in [0.2, 0.25) is 5.02 Å². The quantitative estimate of drug-likeness (QED) is 0.916. The number of amides is 2. The molecule has 1 N–H and O–H groups in total. The number of rotatable bonds is 2. The Bertz CT molecular complexity index is 788. The van der Waals surface area contributed by atoms with Crippen LogP contribution < -0.4 is 10.2 Å². The highest BCUT2D eigenvalue weighted by atomic mass is 35.5. The van der Waals surface area contributed by atoms with Crippen LogP contribution in [0.1, 0.15) is 18.1 Å². The predicted octanol–water partition coefficient (Wildman–Crippen LogP) is 3.56. The molecule has 4 nitrogen and oxygen atoms in total. The van der Waals surface area contributed by atoms with Gasteiger partial charge in [-0.2, -0.15) is 0 Å². The second kappa shape index (κ2) is 6.05. The van der Waals surface area contributed by atoms with Crippen molar-refractivity contribution < 1.29 is 9.59 Å². The van der Waals surface area contributed by atoms with E-state index in [0.29, 0.717) is 17.1 Å². The molecular weight excluding hydrogens is 312 g/mol. The van der Waals surface area contributed by atoms with Crippen LogP contribution in [0, 0.1) is 6.92 Å². The molecular formula is C18H17ClN2O2. The van der Waals surface area contributed by atoms with E-state index in [1.807, 2.05) is 31.2 Å². The predicted molar refractivity (Wildman–Crippen MR) is 91.9 cm³/mol. The molecule has 5 heteroatoms. The molecule has 2 aromatic carbocycles. The van der Waals surface area contributed by atoms with E-state index in [4.69, 9.17) is 11.6 Å². The van der Waals surface area contributed by atoms with Gasteiger partial charge in [0.15, 0.2) is 0 Å². The minimum atomic E-state index is -0.539. The number of hydrogen-bond donors (Lipinski definition) is 1. The fraction of sp³-hybridized carbons (Fsp3) is 0.222. The summed E-state index contributed by atoms with van der Waals surface area (Å²) in [5, 5.41) is 3.49. The van der Waals surface area contributed by atoms with E-state index in [2.05, 4.69) is 5.32 Å². The van der Waals surface area contributed by atoms with Gasteiger partial charge in [0.05, 0.1) is 0 Å². The topological polar surface area (TPSA) is 49.4 Å². The summed E-state index contributed by atoms with van der Waals surface area (Å²) >= 11 is 6.09. The Morgan fingerprint density at radius 2 is 1.91 bits per heavy atom. The van der Waals surface area contributed by atoms with Gasteiger partial charge >= 0.3 is 0 Å². The Balaban J connectivity index is 1.88. The SMILES string of the molecule is CC(=O)N1c2ccccc2C[C@H]1C(=O)Nc1cccc(Cl)c1C. The maximum absolute atomic E-state index is 12.7. The van der Waals surface area contributed by atoms with Gasteiger partial charge in [-0.25, -0.2) is 0 Å². The molecule has 3 rings (SSSR count). The largest absolute Gasteiger partial charge is 0.324 e. The molecule has 1 aliphatic rings. The number of carbonyl (C=O) groups excluding carboxylic acids is 2. The first kappa shape index (κ1) is 15.6. The van der Waals surface area contributed by atoms with Crippen molar-refractivity contribution in [1.29, 1.82) is 0 Å². The fourth-order valence-electron chi connectivity index (χ4n) is 2.94. The van der Waals surface area contributed by atoms with Crippen molar-refractivity contribution >= 4 is 34.8 Å². The van der Waals surface area contributed by atoms with Gasteiger partial charge in [-0.1, -0.05) is 35.9 Å². The van der Waals surface area contributed by atoms with Gasteiger partial charge in [0.2, 0.25) is 11.8 Å². The molecule has 1 aliphatic heterocycles. The highest BCUT2D eigenvalue weighted by Crippen LogP contribution is 2.33. The minimum Gasteiger partial charge on any atom is -0.324 e. The zero-order valence-electron chi connectivity index (χ0n) is 13.0. The van der Waals surface area contributed by atoms with E-state index in [1.54, 1.807) is 23.1 Å². The Labute approximate surface area is 140 Å². The summed E-state index contributed by atoms with van der Waals surface area (Å²) < 4.78 is 0. The molecule has 0 radical (unpaired) electrons. The normalized spacial score (nSPS) is 16.1. The molecule has 2 aromatic rings. The van der Waals surface area contributed by atoms with Crippen LogP contribution in [0.4, 0.5) is 11.4 Å². The number of hydrogen-bond acceptors (Lipinski definition) is 2. The lowest BCUT2D eigenvalue weighted by Crippen LogP contribution is -2.44. The lowest BCUT2D eigenvalue weighted by molar-refractivity contribution is -0.122. The van der Waals surface area contributed by atoms with Crippen molar-refractivity contribution in [2.24, 2.45) is 0 Å². The third-order valence-electron chi connectivity index (χ3n) is 4.14. The van der Waals surface area contributed by atoms with Crippen LogP contribution in [0.15, 0.2) is 42.5 Å². The van der Waals surface area contributed by atoms with Gasteiger partial charge in [0.1, 0.15) is 6.04 Å². The lowest BCUT2D eigenvalue weighted by atomic mass is 10.1. The summed E-state index contributed by atoms with van der Waals surface area (Å²) in [6.45, 7) is 3.33. The molecule has 0 unspecified atom stereocenters. The average molecular weight is 329 g/mol. The van der Waals surface area contributed by atoms with Crippen LogP contribution in [0.5, 0.6) is 0 Å². The first-order valence-electron chi connectivity index (χ1n) is 7.42. The smallest absolute Gasteiger partial charge is 0.247 e. The molecule has 0 aliphatic carbocycles. The molecule has 2 amide bonds. The summed E-state index contributed by atoms with van der Waals surface area (Å²) in [5.41, 5.74) is 3.29. The molecule has 118 valence electrons.